The van der Waals surface area contributed by atoms with E-state index in [1.807, 2.05) is 66.7 Å². The van der Waals surface area contributed by atoms with E-state index in [1.54, 1.807) is 25.4 Å². The summed E-state index contributed by atoms with van der Waals surface area (Å²) in [7, 11) is 0. The lowest BCUT2D eigenvalue weighted by Crippen LogP contribution is -2.02. The number of aromatic nitrogens is 1. The third kappa shape index (κ3) is 5.81. The molecule has 3 aromatic rings. The molecule has 28 heavy (non-hydrogen) atoms. The van der Waals surface area contributed by atoms with Crippen LogP contribution in [0.3, 0.4) is 0 Å². The van der Waals surface area contributed by atoms with E-state index in [2.05, 4.69) is 4.98 Å². The van der Waals surface area contributed by atoms with Crippen LogP contribution in [0.5, 0.6) is 5.75 Å². The van der Waals surface area contributed by atoms with Crippen LogP contribution in [0.25, 0.3) is 5.57 Å². The second-order valence-corrected chi connectivity index (χ2v) is 6.26. The third-order valence-electron chi connectivity index (χ3n) is 4.18. The fourth-order valence-electron chi connectivity index (χ4n) is 2.78. The molecule has 0 fully saturated rings. The SMILES string of the molecule is CCOC(=O)/C=C(\Cc1ccc(OCc2ccccc2)cc1)c1cccnc1. The lowest BCUT2D eigenvalue weighted by molar-refractivity contribution is -0.137. The van der Waals surface area contributed by atoms with Gasteiger partial charge in [-0.15, -0.1) is 0 Å². The molecule has 0 N–H and O–H groups in total. The molecule has 0 aliphatic rings. The molecular weight excluding hydrogens is 350 g/mol. The Balaban J connectivity index is 1.69. The summed E-state index contributed by atoms with van der Waals surface area (Å²) in [5.74, 6) is 0.467. The molecule has 0 aliphatic heterocycles. The molecule has 0 atom stereocenters. The maximum Gasteiger partial charge on any atom is 0.331 e. The molecule has 0 saturated carbocycles. The van der Waals surface area contributed by atoms with Gasteiger partial charge in [-0.3, -0.25) is 4.98 Å². The summed E-state index contributed by atoms with van der Waals surface area (Å²) in [6, 6.07) is 21.8. The minimum Gasteiger partial charge on any atom is -0.489 e. The van der Waals surface area contributed by atoms with Crippen molar-refractivity contribution < 1.29 is 14.3 Å². The molecule has 2 aromatic carbocycles. The van der Waals surface area contributed by atoms with Crippen molar-refractivity contribution in [3.8, 4) is 5.75 Å². The predicted octanol–water partition coefficient (Wildman–Crippen LogP) is 4.85. The smallest absolute Gasteiger partial charge is 0.331 e. The zero-order chi connectivity index (χ0) is 19.6. The Hall–Kier alpha value is -3.40. The Bertz CT molecular complexity index is 904. The topological polar surface area (TPSA) is 48.4 Å². The highest BCUT2D eigenvalue weighted by atomic mass is 16.5. The van der Waals surface area contributed by atoms with Crippen LogP contribution in [0.4, 0.5) is 0 Å². The van der Waals surface area contributed by atoms with Gasteiger partial charge in [0.05, 0.1) is 6.61 Å². The Morgan fingerprint density at radius 1 is 0.964 bits per heavy atom. The molecule has 3 rings (SSSR count). The summed E-state index contributed by atoms with van der Waals surface area (Å²) in [6.45, 7) is 2.68. The molecule has 0 amide bonds. The van der Waals surface area contributed by atoms with Gasteiger partial charge in [-0.2, -0.15) is 0 Å². The molecule has 4 heteroatoms. The summed E-state index contributed by atoms with van der Waals surface area (Å²) in [4.78, 5) is 16.1. The molecule has 0 aliphatic carbocycles. The highest BCUT2D eigenvalue weighted by molar-refractivity contribution is 5.91. The second kappa shape index (κ2) is 10.1. The number of carbonyl (C=O) groups is 1. The average molecular weight is 373 g/mol. The van der Waals surface area contributed by atoms with E-state index in [1.165, 1.54) is 0 Å². The molecule has 1 aromatic heterocycles. The fraction of sp³-hybridized carbons (Fsp3) is 0.167. The number of benzene rings is 2. The number of nitrogens with zero attached hydrogens (tertiary/aromatic N) is 1. The van der Waals surface area contributed by atoms with Gasteiger partial charge in [0.15, 0.2) is 0 Å². The highest BCUT2D eigenvalue weighted by Crippen LogP contribution is 2.21. The molecule has 0 saturated heterocycles. The van der Waals surface area contributed by atoms with Crippen LogP contribution in [0.2, 0.25) is 0 Å². The molecule has 0 unspecified atom stereocenters. The number of allylic oxidation sites excluding steroid dienone is 1. The maximum atomic E-state index is 12.0. The zero-order valence-corrected chi connectivity index (χ0v) is 15.9. The Kier molecular flexibility index (Phi) is 6.96. The van der Waals surface area contributed by atoms with Crippen molar-refractivity contribution in [3.63, 3.8) is 0 Å². The lowest BCUT2D eigenvalue weighted by atomic mass is 9.99. The first kappa shape index (κ1) is 19.4. The van der Waals surface area contributed by atoms with Gasteiger partial charge in [0.1, 0.15) is 12.4 Å². The van der Waals surface area contributed by atoms with E-state index in [-0.39, 0.29) is 5.97 Å². The van der Waals surface area contributed by atoms with Gasteiger partial charge >= 0.3 is 5.97 Å². The van der Waals surface area contributed by atoms with Crippen LogP contribution in [-0.4, -0.2) is 17.6 Å². The number of carbonyl (C=O) groups excluding carboxylic acids is 1. The number of hydrogen-bond donors (Lipinski definition) is 0. The van der Waals surface area contributed by atoms with Gasteiger partial charge in [0, 0.05) is 18.5 Å². The van der Waals surface area contributed by atoms with Gasteiger partial charge < -0.3 is 9.47 Å². The van der Waals surface area contributed by atoms with Crippen LogP contribution < -0.4 is 4.74 Å². The number of hydrogen-bond acceptors (Lipinski definition) is 4. The van der Waals surface area contributed by atoms with Gasteiger partial charge in [0.25, 0.3) is 0 Å². The molecule has 0 spiro atoms. The predicted molar refractivity (Wildman–Crippen MR) is 110 cm³/mol. The summed E-state index contributed by atoms with van der Waals surface area (Å²) >= 11 is 0. The average Bonchev–Trinajstić information content (AvgIpc) is 2.74. The second-order valence-electron chi connectivity index (χ2n) is 6.26. The molecule has 4 nitrogen and oxygen atoms in total. The Labute approximate surface area is 165 Å². The first-order valence-corrected chi connectivity index (χ1v) is 9.28. The lowest BCUT2D eigenvalue weighted by Gasteiger charge is -2.10. The van der Waals surface area contributed by atoms with Crippen molar-refractivity contribution in [3.05, 3.63) is 102 Å². The molecular formula is C24H23NO3. The van der Waals surface area contributed by atoms with Crippen LogP contribution >= 0.6 is 0 Å². The maximum absolute atomic E-state index is 12.0. The van der Waals surface area contributed by atoms with E-state index in [4.69, 9.17) is 9.47 Å². The standard InChI is InChI=1S/C24H23NO3/c1-2-27-24(26)16-22(21-9-6-14-25-17-21)15-19-10-12-23(13-11-19)28-18-20-7-4-3-5-8-20/h3-14,16-17H,2,15,18H2,1H3/b22-16+. The van der Waals surface area contributed by atoms with Crippen molar-refractivity contribution in [2.75, 3.05) is 6.61 Å². The van der Waals surface area contributed by atoms with Crippen molar-refractivity contribution in [1.29, 1.82) is 0 Å². The summed E-state index contributed by atoms with van der Waals surface area (Å²) in [6.07, 6.45) is 5.61. The van der Waals surface area contributed by atoms with Crippen LogP contribution in [-0.2, 0) is 22.6 Å². The van der Waals surface area contributed by atoms with Crippen LogP contribution in [0, 0.1) is 0 Å². The molecule has 1 heterocycles. The van der Waals surface area contributed by atoms with Crippen LogP contribution in [0.15, 0.2) is 85.2 Å². The van der Waals surface area contributed by atoms with Crippen molar-refractivity contribution >= 4 is 11.5 Å². The van der Waals surface area contributed by atoms with Gasteiger partial charge in [-0.25, -0.2) is 4.79 Å². The number of rotatable bonds is 8. The van der Waals surface area contributed by atoms with Gasteiger partial charge in [0.2, 0.25) is 0 Å². The number of esters is 1. The molecule has 0 bridgehead atoms. The van der Waals surface area contributed by atoms with Gasteiger partial charge in [-0.05, 0) is 53.8 Å². The first-order valence-electron chi connectivity index (χ1n) is 9.28. The highest BCUT2D eigenvalue weighted by Gasteiger charge is 2.08. The van der Waals surface area contributed by atoms with Crippen molar-refractivity contribution in [2.24, 2.45) is 0 Å². The summed E-state index contributed by atoms with van der Waals surface area (Å²) in [5.41, 5.74) is 3.97. The van der Waals surface area contributed by atoms with Gasteiger partial charge in [-0.1, -0.05) is 48.5 Å². The van der Waals surface area contributed by atoms with E-state index >= 15 is 0 Å². The monoisotopic (exact) mass is 373 g/mol. The summed E-state index contributed by atoms with van der Waals surface area (Å²) < 4.78 is 10.9. The van der Waals surface area contributed by atoms with E-state index in [0.29, 0.717) is 19.6 Å². The first-order chi connectivity index (χ1) is 13.7. The Morgan fingerprint density at radius 3 is 2.43 bits per heavy atom. The molecule has 0 radical (unpaired) electrons. The number of ether oxygens (including phenoxy) is 2. The minimum absolute atomic E-state index is 0.343. The largest absolute Gasteiger partial charge is 0.489 e. The van der Waals surface area contributed by atoms with Crippen molar-refractivity contribution in [2.45, 2.75) is 20.0 Å². The van der Waals surface area contributed by atoms with E-state index < -0.39 is 0 Å². The number of pyridine rings is 1. The van der Waals surface area contributed by atoms with Crippen molar-refractivity contribution in [1.82, 2.24) is 4.98 Å². The quantitative estimate of drug-likeness (QED) is 0.418. The minimum atomic E-state index is -0.343. The molecule has 142 valence electrons. The van der Waals surface area contributed by atoms with E-state index in [0.717, 1.165) is 28.0 Å². The Morgan fingerprint density at radius 2 is 1.75 bits per heavy atom. The van der Waals surface area contributed by atoms with Crippen LogP contribution in [0.1, 0.15) is 23.6 Å². The normalized spacial score (nSPS) is 11.1. The summed E-state index contributed by atoms with van der Waals surface area (Å²) in [5, 5.41) is 0. The zero-order valence-electron chi connectivity index (χ0n) is 15.9. The fourth-order valence-corrected chi connectivity index (χ4v) is 2.78. The van der Waals surface area contributed by atoms with E-state index in [9.17, 15) is 4.79 Å². The third-order valence-corrected chi connectivity index (χ3v) is 4.18.